The summed E-state index contributed by atoms with van der Waals surface area (Å²) in [5, 5.41) is 0. The van der Waals surface area contributed by atoms with Gasteiger partial charge in [-0.15, -0.1) is 0 Å². The number of unbranched alkanes of at least 4 members (excludes halogenated alkanes) is 25. The molecule has 0 aliphatic rings. The Bertz CT molecular complexity index is 935. The number of benzene rings is 2. The zero-order chi connectivity index (χ0) is 33.9. The van der Waals surface area contributed by atoms with E-state index in [0.29, 0.717) is 24.4 Å². The van der Waals surface area contributed by atoms with E-state index < -0.39 is 0 Å². The van der Waals surface area contributed by atoms with Crippen molar-refractivity contribution in [2.45, 2.75) is 200 Å². The highest BCUT2D eigenvalue weighted by atomic mass is 16.1. The molecule has 2 aromatic carbocycles. The molecule has 0 radical (unpaired) electrons. The number of carbonyl (C=O) groups is 2. The van der Waals surface area contributed by atoms with E-state index in [-0.39, 0.29) is 0 Å². The average Bonchev–Trinajstić information content (AvgIpc) is 3.11. The normalized spacial score (nSPS) is 10.9. The zero-order valence-corrected chi connectivity index (χ0v) is 31.1. The molecule has 0 atom stereocenters. The number of Topliss-reactive ketones (excluding diaryl/α,β-unsaturated/α-hetero) is 2. The molecule has 2 rings (SSSR count). The first-order valence-electron chi connectivity index (χ1n) is 20.4. The maximum atomic E-state index is 12.0. The van der Waals surface area contributed by atoms with Gasteiger partial charge >= 0.3 is 0 Å². The van der Waals surface area contributed by atoms with Gasteiger partial charge in [-0.25, -0.2) is 0 Å². The fourth-order valence-corrected chi connectivity index (χ4v) is 6.32. The predicted octanol–water partition coefficient (Wildman–Crippen LogP) is 15.1. The SMILES string of the molecule is CCCCCCCCCCCCCCCC(=O)c1ccccc1.CCCCCCCCCCCCCCCCC(=O)c1ccccc1. The summed E-state index contributed by atoms with van der Waals surface area (Å²) in [6, 6.07) is 19.4. The lowest BCUT2D eigenvalue weighted by atomic mass is 10.0. The van der Waals surface area contributed by atoms with Gasteiger partial charge in [0.05, 0.1) is 0 Å². The van der Waals surface area contributed by atoms with E-state index in [2.05, 4.69) is 13.8 Å². The minimum Gasteiger partial charge on any atom is -0.294 e. The first-order chi connectivity index (χ1) is 23.2. The van der Waals surface area contributed by atoms with Crippen LogP contribution in [0.1, 0.15) is 221 Å². The number of carbonyl (C=O) groups excluding carboxylic acids is 2. The highest BCUT2D eigenvalue weighted by Gasteiger charge is 2.05. The van der Waals surface area contributed by atoms with Crippen LogP contribution in [0.3, 0.4) is 0 Å². The Kier molecular flexibility index (Phi) is 30.7. The van der Waals surface area contributed by atoms with Crippen molar-refractivity contribution in [3.63, 3.8) is 0 Å². The molecule has 0 amide bonds. The average molecular weight is 647 g/mol. The number of hydrogen-bond donors (Lipinski definition) is 0. The molecule has 2 heteroatoms. The standard InChI is InChI=1S/C23H38O.C22H36O/c1-2-3-4-5-6-7-8-9-10-11-12-13-14-18-21-23(24)22-19-16-15-17-20-22;1-2-3-4-5-6-7-8-9-10-11-12-13-17-20-22(23)21-18-15-14-16-19-21/h15-17,19-20H,2-14,18,21H2,1H3;14-16,18-19H,2-13,17,20H2,1H3. The molecule has 0 fully saturated rings. The second-order valence-electron chi connectivity index (χ2n) is 13.9. The molecule has 0 unspecified atom stereocenters. The van der Waals surface area contributed by atoms with Crippen molar-refractivity contribution in [2.24, 2.45) is 0 Å². The van der Waals surface area contributed by atoms with Crippen LogP contribution in [0, 0.1) is 0 Å². The topological polar surface area (TPSA) is 34.1 Å². The smallest absolute Gasteiger partial charge is 0.162 e. The van der Waals surface area contributed by atoms with Crippen molar-refractivity contribution in [3.05, 3.63) is 71.8 Å². The lowest BCUT2D eigenvalue weighted by molar-refractivity contribution is 0.0971. The molecule has 266 valence electrons. The van der Waals surface area contributed by atoms with Gasteiger partial charge < -0.3 is 0 Å². The van der Waals surface area contributed by atoms with Crippen molar-refractivity contribution >= 4 is 11.6 Å². The van der Waals surface area contributed by atoms with Crippen LogP contribution >= 0.6 is 0 Å². The number of ketones is 2. The van der Waals surface area contributed by atoms with E-state index in [9.17, 15) is 9.59 Å². The van der Waals surface area contributed by atoms with Gasteiger partial charge in [-0.05, 0) is 12.8 Å². The molecule has 0 spiro atoms. The second-order valence-corrected chi connectivity index (χ2v) is 13.9. The quantitative estimate of drug-likeness (QED) is 0.0603. The van der Waals surface area contributed by atoms with Gasteiger partial charge in [-0.2, -0.15) is 0 Å². The molecule has 0 aliphatic carbocycles. The maximum absolute atomic E-state index is 12.0. The monoisotopic (exact) mass is 647 g/mol. The first-order valence-corrected chi connectivity index (χ1v) is 20.4. The van der Waals surface area contributed by atoms with Gasteiger partial charge in [-0.1, -0.05) is 235 Å². The van der Waals surface area contributed by atoms with Gasteiger partial charge in [-0.3, -0.25) is 9.59 Å². The summed E-state index contributed by atoms with van der Waals surface area (Å²) < 4.78 is 0. The number of hydrogen-bond acceptors (Lipinski definition) is 2. The Balaban J connectivity index is 0.000000470. The lowest BCUT2D eigenvalue weighted by Crippen LogP contribution is -1.98. The lowest BCUT2D eigenvalue weighted by Gasteiger charge is -2.03. The van der Waals surface area contributed by atoms with Crippen LogP contribution in [-0.2, 0) is 0 Å². The maximum Gasteiger partial charge on any atom is 0.162 e. The van der Waals surface area contributed by atoms with Gasteiger partial charge in [0.15, 0.2) is 11.6 Å². The van der Waals surface area contributed by atoms with Crippen molar-refractivity contribution in [3.8, 4) is 0 Å². The third kappa shape index (κ3) is 27.4. The first kappa shape index (κ1) is 42.8. The van der Waals surface area contributed by atoms with Crippen molar-refractivity contribution in [1.29, 1.82) is 0 Å². The third-order valence-corrected chi connectivity index (χ3v) is 9.46. The molecular weight excluding hydrogens is 572 g/mol. The van der Waals surface area contributed by atoms with Crippen LogP contribution in [-0.4, -0.2) is 11.6 Å². The molecule has 2 aromatic rings. The summed E-state index contributed by atoms with van der Waals surface area (Å²) in [4.78, 5) is 23.9. The van der Waals surface area contributed by atoms with E-state index in [0.717, 1.165) is 24.0 Å². The molecule has 0 N–H and O–H groups in total. The molecule has 0 saturated heterocycles. The summed E-state index contributed by atoms with van der Waals surface area (Å²) in [5.74, 6) is 0.600. The molecular formula is C45H74O2. The minimum absolute atomic E-state index is 0.300. The van der Waals surface area contributed by atoms with Crippen LogP contribution < -0.4 is 0 Å². The Labute approximate surface area is 292 Å². The minimum atomic E-state index is 0.300. The van der Waals surface area contributed by atoms with E-state index in [4.69, 9.17) is 0 Å². The Morgan fingerprint density at radius 2 is 0.532 bits per heavy atom. The summed E-state index contributed by atoms with van der Waals surface area (Å²) >= 11 is 0. The second kappa shape index (κ2) is 33.7. The molecule has 0 saturated carbocycles. The van der Waals surface area contributed by atoms with Crippen LogP contribution in [0.25, 0.3) is 0 Å². The summed E-state index contributed by atoms with van der Waals surface area (Å²) in [5.41, 5.74) is 1.73. The van der Waals surface area contributed by atoms with Gasteiger partial charge in [0.25, 0.3) is 0 Å². The van der Waals surface area contributed by atoms with Gasteiger partial charge in [0.2, 0.25) is 0 Å². The van der Waals surface area contributed by atoms with E-state index in [1.54, 1.807) is 0 Å². The summed E-state index contributed by atoms with van der Waals surface area (Å²) in [6.45, 7) is 4.55. The van der Waals surface area contributed by atoms with Crippen LogP contribution in [0.5, 0.6) is 0 Å². The highest BCUT2D eigenvalue weighted by molar-refractivity contribution is 5.96. The van der Waals surface area contributed by atoms with Crippen molar-refractivity contribution in [1.82, 2.24) is 0 Å². The highest BCUT2D eigenvalue weighted by Crippen LogP contribution is 2.16. The zero-order valence-electron chi connectivity index (χ0n) is 31.1. The Hall–Kier alpha value is -2.22. The van der Waals surface area contributed by atoms with E-state index >= 15 is 0 Å². The van der Waals surface area contributed by atoms with Crippen molar-refractivity contribution < 1.29 is 9.59 Å². The van der Waals surface area contributed by atoms with Gasteiger partial charge in [0, 0.05) is 24.0 Å². The molecule has 0 aromatic heterocycles. The number of rotatable bonds is 31. The summed E-state index contributed by atoms with van der Waals surface area (Å²) in [6.07, 6.45) is 38.0. The molecule has 2 nitrogen and oxygen atoms in total. The Morgan fingerprint density at radius 1 is 0.319 bits per heavy atom. The van der Waals surface area contributed by atoms with Crippen LogP contribution in [0.2, 0.25) is 0 Å². The van der Waals surface area contributed by atoms with Crippen LogP contribution in [0.4, 0.5) is 0 Å². The molecule has 0 aliphatic heterocycles. The third-order valence-electron chi connectivity index (χ3n) is 9.46. The van der Waals surface area contributed by atoms with Crippen molar-refractivity contribution in [2.75, 3.05) is 0 Å². The molecule has 47 heavy (non-hydrogen) atoms. The van der Waals surface area contributed by atoms with E-state index in [1.165, 1.54) is 161 Å². The molecule has 0 heterocycles. The fourth-order valence-electron chi connectivity index (χ4n) is 6.32. The van der Waals surface area contributed by atoms with E-state index in [1.807, 2.05) is 60.7 Å². The van der Waals surface area contributed by atoms with Gasteiger partial charge in [0.1, 0.15) is 0 Å². The predicted molar refractivity (Wildman–Crippen MR) is 207 cm³/mol. The summed E-state index contributed by atoms with van der Waals surface area (Å²) in [7, 11) is 0. The largest absolute Gasteiger partial charge is 0.294 e. The Morgan fingerprint density at radius 3 is 0.766 bits per heavy atom. The fraction of sp³-hybridized carbons (Fsp3) is 0.689. The molecule has 0 bridgehead atoms. The van der Waals surface area contributed by atoms with Crippen LogP contribution in [0.15, 0.2) is 60.7 Å².